The van der Waals surface area contributed by atoms with Gasteiger partial charge >= 0.3 is 18.1 Å². The second-order valence-corrected chi connectivity index (χ2v) is 2.93. The number of nitro groups is 1. The van der Waals surface area contributed by atoms with E-state index in [4.69, 9.17) is 5.53 Å². The molecule has 0 aliphatic heterocycles. The van der Waals surface area contributed by atoms with Crippen molar-refractivity contribution in [3.05, 3.63) is 39.9 Å². The average molecular weight is 257 g/mol. The van der Waals surface area contributed by atoms with Crippen molar-refractivity contribution in [3.63, 3.8) is 0 Å². The fourth-order valence-corrected chi connectivity index (χ4v) is 0.969. The summed E-state index contributed by atoms with van der Waals surface area (Å²) in [7, 11) is 0. The molecule has 1 rings (SSSR count). The van der Waals surface area contributed by atoms with Gasteiger partial charge in [-0.3, -0.25) is 10.1 Å². The molecule has 0 unspecified atom stereocenters. The summed E-state index contributed by atoms with van der Waals surface area (Å²) in [5.41, 5.74) is 6.48. The quantitative estimate of drug-likeness (QED) is 0.155. The number of nitro benzene ring substituents is 1. The van der Waals surface area contributed by atoms with E-state index in [1.165, 1.54) is 0 Å². The van der Waals surface area contributed by atoms with Crippen molar-refractivity contribution in [2.24, 2.45) is 0 Å². The molecular formula is C9H5F2N3O4. The molecule has 0 aliphatic rings. The van der Waals surface area contributed by atoms with Crippen molar-refractivity contribution in [1.82, 2.24) is 0 Å². The van der Waals surface area contributed by atoms with Gasteiger partial charge in [-0.15, -0.1) is 0 Å². The summed E-state index contributed by atoms with van der Waals surface area (Å²) in [6.45, 7) is 0. The maximum Gasteiger partial charge on any atom is 0.441 e. The minimum absolute atomic E-state index is 0.188. The van der Waals surface area contributed by atoms with Gasteiger partial charge in [0.25, 0.3) is 5.69 Å². The molecule has 0 spiro atoms. The number of carbonyl (C=O) groups is 1. The second-order valence-electron chi connectivity index (χ2n) is 2.93. The Labute approximate surface area is 98.4 Å². The maximum atomic E-state index is 12.1. The van der Waals surface area contributed by atoms with Crippen molar-refractivity contribution in [2.75, 3.05) is 0 Å². The van der Waals surface area contributed by atoms with Crippen LogP contribution in [0.2, 0.25) is 0 Å². The number of non-ortho nitro benzene ring substituents is 1. The van der Waals surface area contributed by atoms with Crippen LogP contribution in [-0.2, 0) is 4.79 Å². The molecule has 9 heteroatoms. The predicted octanol–water partition coefficient (Wildman–Crippen LogP) is 1.44. The zero-order chi connectivity index (χ0) is 13.7. The van der Waals surface area contributed by atoms with Gasteiger partial charge in [0.05, 0.1) is 4.92 Å². The Bertz CT molecular complexity index is 523. The molecule has 0 saturated heterocycles. The Morgan fingerprint density at radius 2 is 1.94 bits per heavy atom. The van der Waals surface area contributed by atoms with E-state index in [9.17, 15) is 23.7 Å². The second kappa shape index (κ2) is 5.60. The van der Waals surface area contributed by atoms with Crippen LogP contribution in [0.5, 0.6) is 5.75 Å². The molecule has 0 amide bonds. The number of esters is 1. The predicted molar refractivity (Wildman–Crippen MR) is 53.4 cm³/mol. The van der Waals surface area contributed by atoms with E-state index in [-0.39, 0.29) is 11.4 Å². The SMILES string of the molecule is [N-]=[N+]=C(C(=O)Oc1ccc([N+](=O)[O-])cc1)C(F)F. The molecule has 0 N–H and O–H groups in total. The van der Waals surface area contributed by atoms with Gasteiger partial charge < -0.3 is 10.3 Å². The molecule has 0 heterocycles. The van der Waals surface area contributed by atoms with E-state index < -0.39 is 23.0 Å². The molecule has 0 saturated carbocycles. The van der Waals surface area contributed by atoms with Crippen LogP contribution in [-0.4, -0.2) is 27.8 Å². The molecular weight excluding hydrogens is 252 g/mol. The number of alkyl halides is 2. The monoisotopic (exact) mass is 257 g/mol. The highest BCUT2D eigenvalue weighted by Gasteiger charge is 2.33. The van der Waals surface area contributed by atoms with Gasteiger partial charge in [0, 0.05) is 12.1 Å². The van der Waals surface area contributed by atoms with Crippen LogP contribution in [0.4, 0.5) is 14.5 Å². The van der Waals surface area contributed by atoms with Crippen molar-refractivity contribution in [1.29, 1.82) is 0 Å². The van der Waals surface area contributed by atoms with Gasteiger partial charge in [-0.2, -0.15) is 13.6 Å². The number of benzene rings is 1. The van der Waals surface area contributed by atoms with Crippen LogP contribution in [0.25, 0.3) is 5.53 Å². The van der Waals surface area contributed by atoms with E-state index in [2.05, 4.69) is 9.53 Å². The molecule has 0 atom stereocenters. The fraction of sp³-hybridized carbons (Fsp3) is 0.111. The lowest BCUT2D eigenvalue weighted by Gasteiger charge is -2.00. The lowest BCUT2D eigenvalue weighted by molar-refractivity contribution is -0.384. The number of rotatable bonds is 4. The molecule has 18 heavy (non-hydrogen) atoms. The largest absolute Gasteiger partial charge is 0.441 e. The van der Waals surface area contributed by atoms with Crippen LogP contribution in [0.3, 0.4) is 0 Å². The van der Waals surface area contributed by atoms with E-state index in [1.807, 2.05) is 0 Å². The molecule has 7 nitrogen and oxygen atoms in total. The number of hydrogen-bond donors (Lipinski definition) is 0. The Hall–Kier alpha value is -2.67. The molecule has 0 aliphatic carbocycles. The third kappa shape index (κ3) is 3.16. The molecule has 0 aromatic heterocycles. The standard InChI is InChI=1S/C9H5F2N3O4/c10-8(11)7(13-12)9(15)18-6-3-1-5(2-4-6)14(16)17/h1-4,8H. The topological polar surface area (TPSA) is 106 Å². The number of ether oxygens (including phenoxy) is 1. The summed E-state index contributed by atoms with van der Waals surface area (Å²) in [4.78, 5) is 22.8. The molecule has 1 aromatic rings. The first-order valence-corrected chi connectivity index (χ1v) is 4.42. The van der Waals surface area contributed by atoms with Gasteiger partial charge in [0.15, 0.2) is 0 Å². The Morgan fingerprint density at radius 1 is 1.39 bits per heavy atom. The highest BCUT2D eigenvalue weighted by Crippen LogP contribution is 2.17. The van der Waals surface area contributed by atoms with E-state index in [1.54, 1.807) is 0 Å². The summed E-state index contributed by atoms with van der Waals surface area (Å²) in [5.74, 6) is -1.73. The van der Waals surface area contributed by atoms with Gasteiger partial charge in [0.2, 0.25) is 0 Å². The van der Waals surface area contributed by atoms with Crippen LogP contribution < -0.4 is 4.74 Å². The minimum Gasteiger partial charge on any atom is -0.418 e. The highest BCUT2D eigenvalue weighted by molar-refractivity contribution is 6.35. The van der Waals surface area contributed by atoms with Crippen LogP contribution in [0.1, 0.15) is 0 Å². The van der Waals surface area contributed by atoms with E-state index >= 15 is 0 Å². The van der Waals surface area contributed by atoms with Gasteiger partial charge in [0.1, 0.15) is 5.75 Å². The first kappa shape index (κ1) is 13.4. The first-order chi connectivity index (χ1) is 8.45. The zero-order valence-electron chi connectivity index (χ0n) is 8.62. The zero-order valence-corrected chi connectivity index (χ0v) is 8.62. The van der Waals surface area contributed by atoms with Gasteiger partial charge in [-0.1, -0.05) is 0 Å². The van der Waals surface area contributed by atoms with E-state index in [0.717, 1.165) is 24.3 Å². The highest BCUT2D eigenvalue weighted by atomic mass is 19.3. The van der Waals surface area contributed by atoms with Crippen molar-refractivity contribution >= 4 is 17.4 Å². The minimum atomic E-state index is -3.29. The van der Waals surface area contributed by atoms with Crippen LogP contribution in [0.15, 0.2) is 24.3 Å². The summed E-state index contributed by atoms with van der Waals surface area (Å²) in [6, 6.07) is 4.16. The van der Waals surface area contributed by atoms with Crippen molar-refractivity contribution in [3.8, 4) is 5.75 Å². The summed E-state index contributed by atoms with van der Waals surface area (Å²) in [5, 5.41) is 10.3. The number of hydrogen-bond acceptors (Lipinski definition) is 4. The van der Waals surface area contributed by atoms with Crippen molar-refractivity contribution < 1.29 is 28.0 Å². The van der Waals surface area contributed by atoms with Crippen LogP contribution in [0, 0.1) is 10.1 Å². The maximum absolute atomic E-state index is 12.1. The summed E-state index contributed by atoms with van der Waals surface area (Å²) in [6.07, 6.45) is -3.29. The molecule has 94 valence electrons. The van der Waals surface area contributed by atoms with Gasteiger partial charge in [-0.25, -0.2) is 4.79 Å². The van der Waals surface area contributed by atoms with Gasteiger partial charge in [-0.05, 0) is 12.1 Å². The normalized spacial score (nSPS) is 9.72. The first-order valence-electron chi connectivity index (χ1n) is 4.42. The smallest absolute Gasteiger partial charge is 0.418 e. The average Bonchev–Trinajstić information content (AvgIpc) is 2.29. The number of halogens is 2. The van der Waals surface area contributed by atoms with Crippen LogP contribution >= 0.6 is 0 Å². The van der Waals surface area contributed by atoms with Crippen molar-refractivity contribution in [2.45, 2.75) is 6.43 Å². The third-order valence-corrected chi connectivity index (χ3v) is 1.78. The number of nitrogens with zero attached hydrogens (tertiary/aromatic N) is 3. The molecule has 0 bridgehead atoms. The fourth-order valence-electron chi connectivity index (χ4n) is 0.969. The lowest BCUT2D eigenvalue weighted by atomic mass is 10.3. The molecule has 1 aromatic carbocycles. The molecule has 0 radical (unpaired) electrons. The third-order valence-electron chi connectivity index (χ3n) is 1.78. The Kier molecular flexibility index (Phi) is 4.16. The summed E-state index contributed by atoms with van der Waals surface area (Å²) < 4.78 is 28.7. The summed E-state index contributed by atoms with van der Waals surface area (Å²) >= 11 is 0. The Balaban J connectivity index is 2.83. The number of carbonyl (C=O) groups excluding carboxylic acids is 1. The lowest BCUT2D eigenvalue weighted by Crippen LogP contribution is -2.27. The Morgan fingerprint density at radius 3 is 2.33 bits per heavy atom. The molecule has 0 fully saturated rings. The van der Waals surface area contributed by atoms with E-state index in [0.29, 0.717) is 0 Å².